The number of hydrogen-bond acceptors (Lipinski definition) is 2. The molecule has 1 saturated carbocycles. The molecule has 3 unspecified atom stereocenters. The molecule has 1 N–H and O–H groups in total. The van der Waals surface area contributed by atoms with Gasteiger partial charge in [-0.3, -0.25) is 4.90 Å². The van der Waals surface area contributed by atoms with Crippen LogP contribution in [0.3, 0.4) is 0 Å². The molecule has 3 atom stereocenters. The molecule has 1 aliphatic heterocycles. The number of nitrogens with zero attached hydrogens (tertiary/aromatic N) is 1. The number of piperidine rings is 1. The predicted molar refractivity (Wildman–Crippen MR) is 92.6 cm³/mol. The Morgan fingerprint density at radius 2 is 1.90 bits per heavy atom. The van der Waals surface area contributed by atoms with Crippen LogP contribution in [0.2, 0.25) is 0 Å². The van der Waals surface area contributed by atoms with Crippen LogP contribution in [-0.2, 0) is 0 Å². The number of likely N-dealkylation sites (tertiary alicyclic amines) is 1. The van der Waals surface area contributed by atoms with Gasteiger partial charge in [0.2, 0.25) is 0 Å². The van der Waals surface area contributed by atoms with Gasteiger partial charge in [0.05, 0.1) is 0 Å². The summed E-state index contributed by atoms with van der Waals surface area (Å²) in [5.74, 6) is 1.91. The Morgan fingerprint density at radius 3 is 2.48 bits per heavy atom. The molecule has 0 aromatic heterocycles. The van der Waals surface area contributed by atoms with Crippen molar-refractivity contribution in [2.75, 3.05) is 19.6 Å². The summed E-state index contributed by atoms with van der Waals surface area (Å²) in [4.78, 5) is 2.81. The van der Waals surface area contributed by atoms with Gasteiger partial charge in [-0.25, -0.2) is 0 Å². The Labute approximate surface area is 133 Å². The van der Waals surface area contributed by atoms with Crippen LogP contribution in [0.25, 0.3) is 0 Å². The van der Waals surface area contributed by atoms with E-state index in [2.05, 4.69) is 44.8 Å². The molecule has 2 rings (SSSR count). The lowest BCUT2D eigenvalue weighted by atomic mass is 9.88. The van der Waals surface area contributed by atoms with Crippen molar-refractivity contribution in [2.45, 2.75) is 85.2 Å². The highest BCUT2D eigenvalue weighted by atomic mass is 15.2. The summed E-state index contributed by atoms with van der Waals surface area (Å²) in [5.41, 5.74) is 0.392. The fraction of sp³-hybridized carbons (Fsp3) is 1.00. The standard InChI is InChI=1S/C19H38N2/c1-6-7-8-16-11-18(20-14-19(3,4)5)13-21(12-16)15(2)17-9-10-17/h15-18,20H,6-14H2,1-5H3. The van der Waals surface area contributed by atoms with E-state index in [-0.39, 0.29) is 0 Å². The molecule has 0 amide bonds. The van der Waals surface area contributed by atoms with Crippen LogP contribution in [0, 0.1) is 17.3 Å². The third-order valence-electron chi connectivity index (χ3n) is 5.33. The van der Waals surface area contributed by atoms with E-state index in [0.29, 0.717) is 11.5 Å². The van der Waals surface area contributed by atoms with Crippen molar-refractivity contribution in [3.8, 4) is 0 Å². The minimum atomic E-state index is 0.392. The van der Waals surface area contributed by atoms with Gasteiger partial charge in [-0.15, -0.1) is 0 Å². The fourth-order valence-electron chi connectivity index (χ4n) is 3.75. The zero-order chi connectivity index (χ0) is 15.5. The molecule has 2 fully saturated rings. The molecule has 0 spiro atoms. The van der Waals surface area contributed by atoms with Gasteiger partial charge >= 0.3 is 0 Å². The third-order valence-corrected chi connectivity index (χ3v) is 5.33. The van der Waals surface area contributed by atoms with Gasteiger partial charge in [-0.05, 0) is 49.9 Å². The second kappa shape index (κ2) is 7.46. The molecular weight excluding hydrogens is 256 g/mol. The van der Waals surface area contributed by atoms with E-state index in [9.17, 15) is 0 Å². The summed E-state index contributed by atoms with van der Waals surface area (Å²) in [7, 11) is 0. The number of hydrogen-bond donors (Lipinski definition) is 1. The lowest BCUT2D eigenvalue weighted by Crippen LogP contribution is -2.53. The first kappa shape index (κ1) is 17.3. The average molecular weight is 295 g/mol. The molecule has 2 heteroatoms. The second-order valence-electron chi connectivity index (χ2n) is 8.91. The van der Waals surface area contributed by atoms with Gasteiger partial charge in [0.1, 0.15) is 0 Å². The van der Waals surface area contributed by atoms with Crippen molar-refractivity contribution in [1.82, 2.24) is 10.2 Å². The molecule has 1 saturated heterocycles. The molecule has 21 heavy (non-hydrogen) atoms. The van der Waals surface area contributed by atoms with Crippen LogP contribution in [0.15, 0.2) is 0 Å². The van der Waals surface area contributed by atoms with Crippen LogP contribution in [0.4, 0.5) is 0 Å². The average Bonchev–Trinajstić information content (AvgIpc) is 3.25. The van der Waals surface area contributed by atoms with Gasteiger partial charge in [0, 0.05) is 31.7 Å². The first-order chi connectivity index (χ1) is 9.89. The maximum Gasteiger partial charge on any atom is 0.0198 e. The Bertz CT molecular complexity index is 303. The number of nitrogens with one attached hydrogen (secondary N) is 1. The van der Waals surface area contributed by atoms with Crippen molar-refractivity contribution < 1.29 is 0 Å². The van der Waals surface area contributed by atoms with Gasteiger partial charge < -0.3 is 5.32 Å². The summed E-state index contributed by atoms with van der Waals surface area (Å²) in [5, 5.41) is 3.87. The molecule has 0 aromatic carbocycles. The van der Waals surface area contributed by atoms with Gasteiger partial charge in [0.25, 0.3) is 0 Å². The van der Waals surface area contributed by atoms with Crippen molar-refractivity contribution in [2.24, 2.45) is 17.3 Å². The van der Waals surface area contributed by atoms with E-state index in [4.69, 9.17) is 0 Å². The van der Waals surface area contributed by atoms with Gasteiger partial charge in [-0.1, -0.05) is 40.5 Å². The van der Waals surface area contributed by atoms with Crippen molar-refractivity contribution in [1.29, 1.82) is 0 Å². The molecule has 0 bridgehead atoms. The Morgan fingerprint density at radius 1 is 1.19 bits per heavy atom. The van der Waals surface area contributed by atoms with Gasteiger partial charge in [-0.2, -0.15) is 0 Å². The van der Waals surface area contributed by atoms with E-state index in [1.54, 1.807) is 0 Å². The third kappa shape index (κ3) is 5.90. The first-order valence-corrected chi connectivity index (χ1v) is 9.36. The fourth-order valence-corrected chi connectivity index (χ4v) is 3.75. The zero-order valence-corrected chi connectivity index (χ0v) is 15.1. The van der Waals surface area contributed by atoms with E-state index < -0.39 is 0 Å². The maximum absolute atomic E-state index is 3.87. The summed E-state index contributed by atoms with van der Waals surface area (Å²) in [6.07, 6.45) is 8.51. The minimum absolute atomic E-state index is 0.392. The number of rotatable bonds is 7. The Balaban J connectivity index is 1.89. The maximum atomic E-state index is 3.87. The topological polar surface area (TPSA) is 15.3 Å². The predicted octanol–water partition coefficient (Wildman–Crippen LogP) is 4.30. The van der Waals surface area contributed by atoms with Crippen LogP contribution in [0.5, 0.6) is 0 Å². The largest absolute Gasteiger partial charge is 0.312 e. The molecule has 1 heterocycles. The zero-order valence-electron chi connectivity index (χ0n) is 15.1. The molecular formula is C19H38N2. The van der Waals surface area contributed by atoms with E-state index in [1.807, 2.05) is 0 Å². The Kier molecular flexibility index (Phi) is 6.14. The van der Waals surface area contributed by atoms with Crippen molar-refractivity contribution in [3.05, 3.63) is 0 Å². The van der Waals surface area contributed by atoms with Crippen LogP contribution in [-0.4, -0.2) is 36.6 Å². The SMILES string of the molecule is CCCCC1CC(NCC(C)(C)C)CN(C(C)C2CC2)C1. The molecule has 1 aliphatic carbocycles. The summed E-state index contributed by atoms with van der Waals surface area (Å²) < 4.78 is 0. The van der Waals surface area contributed by atoms with E-state index in [0.717, 1.165) is 24.4 Å². The summed E-state index contributed by atoms with van der Waals surface area (Å²) in [6.45, 7) is 15.6. The quantitative estimate of drug-likeness (QED) is 0.753. The van der Waals surface area contributed by atoms with E-state index >= 15 is 0 Å². The highest BCUT2D eigenvalue weighted by molar-refractivity contribution is 4.92. The van der Waals surface area contributed by atoms with Crippen LogP contribution >= 0.6 is 0 Å². The van der Waals surface area contributed by atoms with Crippen LogP contribution < -0.4 is 5.32 Å². The van der Waals surface area contributed by atoms with E-state index in [1.165, 1.54) is 51.6 Å². The normalized spacial score (nSPS) is 29.6. The molecule has 0 aromatic rings. The van der Waals surface area contributed by atoms with Crippen molar-refractivity contribution in [3.63, 3.8) is 0 Å². The number of unbranched alkanes of at least 4 members (excludes halogenated alkanes) is 1. The highest BCUT2D eigenvalue weighted by Gasteiger charge is 2.36. The molecule has 124 valence electrons. The molecule has 2 aliphatic rings. The monoisotopic (exact) mass is 294 g/mol. The summed E-state index contributed by atoms with van der Waals surface area (Å²) >= 11 is 0. The Hall–Kier alpha value is -0.0800. The summed E-state index contributed by atoms with van der Waals surface area (Å²) in [6, 6.07) is 1.52. The molecule has 0 radical (unpaired) electrons. The van der Waals surface area contributed by atoms with Gasteiger partial charge in [0.15, 0.2) is 0 Å². The smallest absolute Gasteiger partial charge is 0.0198 e. The first-order valence-electron chi connectivity index (χ1n) is 9.36. The highest BCUT2D eigenvalue weighted by Crippen LogP contribution is 2.37. The second-order valence-corrected chi connectivity index (χ2v) is 8.91. The van der Waals surface area contributed by atoms with Crippen molar-refractivity contribution >= 4 is 0 Å². The lowest BCUT2D eigenvalue weighted by molar-refractivity contribution is 0.0867. The molecule has 2 nitrogen and oxygen atoms in total. The minimum Gasteiger partial charge on any atom is -0.312 e. The van der Waals surface area contributed by atoms with Crippen LogP contribution in [0.1, 0.15) is 73.1 Å². The lowest BCUT2D eigenvalue weighted by Gasteiger charge is -2.42.